The van der Waals surface area contributed by atoms with Crippen LogP contribution in [0.4, 0.5) is 0 Å². The smallest absolute Gasteiger partial charge is 0.186 e. The minimum absolute atomic E-state index is 0.0509. The van der Waals surface area contributed by atoms with Gasteiger partial charge in [-0.25, -0.2) is 9.98 Å². The van der Waals surface area contributed by atoms with Crippen molar-refractivity contribution in [3.8, 4) is 28.7 Å². The predicted molar refractivity (Wildman–Crippen MR) is 109 cm³/mol. The number of phenolic OH excluding ortho intramolecular Hbond substituents is 5. The normalized spacial score (nSPS) is 23.6. The van der Waals surface area contributed by atoms with Crippen LogP contribution in [0, 0.1) is 5.41 Å². The van der Waals surface area contributed by atoms with Gasteiger partial charge in [0.25, 0.3) is 0 Å². The van der Waals surface area contributed by atoms with Crippen LogP contribution in [0.25, 0.3) is 21.5 Å². The standard InChI is InChI=1S/C22H22N2O6/c1-20(2)8-30-21(3,4)22(20)23-9-7-12(27)15-16(17(9)24-22)19(29)14-11(26)6-5-10(25)13(14)18(15)28/h5-7,25-29H,8H2,1-4H3. The number of rotatable bonds is 0. The molecule has 0 saturated carbocycles. The molecule has 1 atom stereocenters. The molecular weight excluding hydrogens is 388 g/mol. The third-order valence-corrected chi connectivity index (χ3v) is 6.50. The van der Waals surface area contributed by atoms with Crippen molar-refractivity contribution in [1.82, 2.24) is 0 Å². The van der Waals surface area contributed by atoms with E-state index in [4.69, 9.17) is 14.7 Å². The van der Waals surface area contributed by atoms with Crippen LogP contribution in [0.3, 0.4) is 0 Å². The highest BCUT2D eigenvalue weighted by atomic mass is 16.5. The number of phenols is 5. The predicted octanol–water partition coefficient (Wildman–Crippen LogP) is 2.31. The Balaban J connectivity index is 2.05. The molecule has 1 unspecified atom stereocenters. The second-order valence-electron chi connectivity index (χ2n) is 9.14. The van der Waals surface area contributed by atoms with E-state index >= 15 is 0 Å². The van der Waals surface area contributed by atoms with Crippen molar-refractivity contribution in [3.63, 3.8) is 0 Å². The Hall–Kier alpha value is -3.26. The van der Waals surface area contributed by atoms with Gasteiger partial charge in [-0.1, -0.05) is 13.8 Å². The molecule has 1 fully saturated rings. The lowest BCUT2D eigenvalue weighted by Gasteiger charge is -2.38. The summed E-state index contributed by atoms with van der Waals surface area (Å²) in [4.78, 5) is 9.73. The Morgan fingerprint density at radius 3 is 1.83 bits per heavy atom. The fourth-order valence-electron chi connectivity index (χ4n) is 4.93. The molecule has 1 spiro atoms. The first kappa shape index (κ1) is 18.7. The van der Waals surface area contributed by atoms with Gasteiger partial charge in [0.15, 0.2) is 5.66 Å². The van der Waals surface area contributed by atoms with Crippen molar-refractivity contribution in [2.45, 2.75) is 39.0 Å². The second kappa shape index (κ2) is 5.26. The molecule has 0 aromatic heterocycles. The molecule has 8 heteroatoms. The molecule has 2 heterocycles. The third-order valence-electron chi connectivity index (χ3n) is 6.50. The maximum atomic E-state index is 11.1. The van der Waals surface area contributed by atoms with E-state index in [-0.39, 0.29) is 44.2 Å². The van der Waals surface area contributed by atoms with E-state index < -0.39 is 28.2 Å². The summed E-state index contributed by atoms with van der Waals surface area (Å²) in [5.74, 6) is -1.88. The van der Waals surface area contributed by atoms with E-state index in [1.54, 1.807) is 0 Å². The molecular formula is C22H22N2O6. The summed E-state index contributed by atoms with van der Waals surface area (Å²) in [6.45, 7) is 8.16. The number of fused-ring (bicyclic) bond motifs is 4. The SMILES string of the molecule is CC1(C)COC(C)(C)C12N=c1cc(O)c3c(O)c4c(O)ccc(O)c4c(O)c3c1=N2. The van der Waals surface area contributed by atoms with Crippen LogP contribution in [-0.4, -0.2) is 43.4 Å². The van der Waals surface area contributed by atoms with Crippen molar-refractivity contribution in [3.05, 3.63) is 28.9 Å². The quantitative estimate of drug-likeness (QED) is 0.285. The van der Waals surface area contributed by atoms with Crippen molar-refractivity contribution in [1.29, 1.82) is 0 Å². The van der Waals surface area contributed by atoms with Crippen LogP contribution < -0.4 is 10.7 Å². The number of hydrogen-bond donors (Lipinski definition) is 5. The Morgan fingerprint density at radius 1 is 0.767 bits per heavy atom. The number of benzene rings is 3. The van der Waals surface area contributed by atoms with Crippen LogP contribution >= 0.6 is 0 Å². The minimum Gasteiger partial charge on any atom is -0.507 e. The lowest BCUT2D eigenvalue weighted by molar-refractivity contribution is 0.00279. The number of ether oxygens (including phenoxy) is 1. The average molecular weight is 410 g/mol. The molecule has 0 radical (unpaired) electrons. The highest BCUT2D eigenvalue weighted by Crippen LogP contribution is 2.53. The summed E-state index contributed by atoms with van der Waals surface area (Å²) in [7, 11) is 0. The summed E-state index contributed by atoms with van der Waals surface area (Å²) in [6, 6.07) is 3.79. The monoisotopic (exact) mass is 410 g/mol. The number of aromatic hydroxyl groups is 5. The van der Waals surface area contributed by atoms with Gasteiger partial charge in [0.05, 0.1) is 38.9 Å². The van der Waals surface area contributed by atoms with E-state index in [0.717, 1.165) is 0 Å². The molecule has 30 heavy (non-hydrogen) atoms. The number of nitrogens with zero attached hydrogens (tertiary/aromatic N) is 2. The fraction of sp³-hybridized carbons (Fsp3) is 0.364. The summed E-state index contributed by atoms with van der Waals surface area (Å²) in [6.07, 6.45) is 0. The molecule has 3 aromatic carbocycles. The van der Waals surface area contributed by atoms with E-state index in [0.29, 0.717) is 12.0 Å². The van der Waals surface area contributed by atoms with Gasteiger partial charge in [0.1, 0.15) is 34.3 Å². The summed E-state index contributed by atoms with van der Waals surface area (Å²) in [5.41, 5.74) is -2.25. The highest BCUT2D eigenvalue weighted by Gasteiger charge is 2.63. The highest BCUT2D eigenvalue weighted by molar-refractivity contribution is 6.16. The maximum absolute atomic E-state index is 11.1. The van der Waals surface area contributed by atoms with E-state index in [2.05, 4.69) is 0 Å². The Morgan fingerprint density at radius 2 is 1.30 bits per heavy atom. The minimum atomic E-state index is -1.01. The Kier molecular flexibility index (Phi) is 3.29. The van der Waals surface area contributed by atoms with Crippen molar-refractivity contribution in [2.24, 2.45) is 15.4 Å². The summed E-state index contributed by atoms with van der Waals surface area (Å²) in [5, 5.41) is 53.5. The molecule has 2 aliphatic rings. The third kappa shape index (κ3) is 1.94. The molecule has 5 rings (SSSR count). The first-order chi connectivity index (χ1) is 13.9. The average Bonchev–Trinajstić information content (AvgIpc) is 3.13. The zero-order valence-electron chi connectivity index (χ0n) is 17.0. The first-order valence-electron chi connectivity index (χ1n) is 9.60. The van der Waals surface area contributed by atoms with E-state index in [9.17, 15) is 25.5 Å². The van der Waals surface area contributed by atoms with Crippen LogP contribution in [-0.2, 0) is 4.74 Å². The van der Waals surface area contributed by atoms with Crippen LogP contribution in [0.2, 0.25) is 0 Å². The van der Waals surface area contributed by atoms with Gasteiger partial charge in [0, 0.05) is 11.5 Å². The molecule has 8 nitrogen and oxygen atoms in total. The van der Waals surface area contributed by atoms with Crippen molar-refractivity contribution in [2.75, 3.05) is 6.61 Å². The molecule has 1 saturated heterocycles. The van der Waals surface area contributed by atoms with Gasteiger partial charge < -0.3 is 30.3 Å². The molecule has 0 aliphatic carbocycles. The Bertz CT molecular complexity index is 1390. The summed E-state index contributed by atoms with van der Waals surface area (Å²) >= 11 is 0. The fourth-order valence-corrected chi connectivity index (χ4v) is 4.93. The largest absolute Gasteiger partial charge is 0.507 e. The number of hydrogen-bond acceptors (Lipinski definition) is 8. The zero-order chi connectivity index (χ0) is 21.8. The van der Waals surface area contributed by atoms with Gasteiger partial charge in [-0.2, -0.15) is 0 Å². The molecule has 156 valence electrons. The maximum Gasteiger partial charge on any atom is 0.186 e. The van der Waals surface area contributed by atoms with Gasteiger partial charge >= 0.3 is 0 Å². The lowest BCUT2D eigenvalue weighted by Crippen LogP contribution is -2.50. The molecule has 2 aliphatic heterocycles. The van der Waals surface area contributed by atoms with Crippen LogP contribution in [0.5, 0.6) is 28.7 Å². The van der Waals surface area contributed by atoms with Gasteiger partial charge in [0.2, 0.25) is 0 Å². The van der Waals surface area contributed by atoms with Crippen molar-refractivity contribution < 1.29 is 30.3 Å². The Labute approximate surface area is 171 Å². The summed E-state index contributed by atoms with van der Waals surface area (Å²) < 4.78 is 5.99. The van der Waals surface area contributed by atoms with Crippen molar-refractivity contribution >= 4 is 21.5 Å². The van der Waals surface area contributed by atoms with E-state index in [1.165, 1.54) is 18.2 Å². The molecule has 5 N–H and O–H groups in total. The van der Waals surface area contributed by atoms with Crippen LogP contribution in [0.1, 0.15) is 27.7 Å². The van der Waals surface area contributed by atoms with Gasteiger partial charge in [-0.3, -0.25) is 0 Å². The molecule has 0 amide bonds. The molecule has 0 bridgehead atoms. The first-order valence-corrected chi connectivity index (χ1v) is 9.60. The van der Waals surface area contributed by atoms with Crippen LogP contribution in [0.15, 0.2) is 28.2 Å². The lowest BCUT2D eigenvalue weighted by atomic mass is 9.74. The second-order valence-corrected chi connectivity index (χ2v) is 9.14. The van der Waals surface area contributed by atoms with E-state index in [1.807, 2.05) is 27.7 Å². The van der Waals surface area contributed by atoms with Gasteiger partial charge in [-0.15, -0.1) is 0 Å². The van der Waals surface area contributed by atoms with Gasteiger partial charge in [-0.05, 0) is 26.0 Å². The topological polar surface area (TPSA) is 135 Å². The zero-order valence-corrected chi connectivity index (χ0v) is 17.0. The molecule has 3 aromatic rings.